The van der Waals surface area contributed by atoms with Gasteiger partial charge in [-0.05, 0) is 38.0 Å². The molecule has 48 heavy (non-hydrogen) atoms. The van der Waals surface area contributed by atoms with E-state index in [0.29, 0.717) is 123 Å². The molecule has 0 aromatic rings. The summed E-state index contributed by atoms with van der Waals surface area (Å²) in [4.78, 5) is 51.5. The van der Waals surface area contributed by atoms with Crippen LogP contribution in [0.2, 0.25) is 0 Å². The molecule has 0 aromatic heterocycles. The summed E-state index contributed by atoms with van der Waals surface area (Å²) in [5, 5.41) is 0. The summed E-state index contributed by atoms with van der Waals surface area (Å²) < 4.78 is 37.9. The lowest BCUT2D eigenvalue weighted by Crippen LogP contribution is -2.37. The summed E-state index contributed by atoms with van der Waals surface area (Å²) in [7, 11) is 0. The average molecular weight is 686 g/mol. The minimum Gasteiger partial charge on any atom is -0.381 e. The number of ether oxygens (including phenoxy) is 7. The number of Topliss-reactive ketones (excluding diaryl/α,β-unsaturated/α-hetero) is 4. The van der Waals surface area contributed by atoms with Crippen molar-refractivity contribution in [2.45, 2.75) is 97.9 Å². The van der Waals surface area contributed by atoms with E-state index in [2.05, 4.69) is 18.7 Å². The highest BCUT2D eigenvalue weighted by molar-refractivity contribution is 5.90. The average Bonchev–Trinajstić information content (AvgIpc) is 3.05. The summed E-state index contributed by atoms with van der Waals surface area (Å²) in [6, 6.07) is 0. The maximum atomic E-state index is 12.3. The molecule has 0 radical (unpaired) electrons. The summed E-state index contributed by atoms with van der Waals surface area (Å²) in [5.41, 5.74) is -0.980. The van der Waals surface area contributed by atoms with Gasteiger partial charge < -0.3 is 38.0 Å². The van der Waals surface area contributed by atoms with Gasteiger partial charge in [0.05, 0.1) is 39.6 Å². The third-order valence-electron chi connectivity index (χ3n) is 7.59. The standard InChI is InChI=1S/C36H63NO11/c1-30(2)15-20-42-16-7-11-32(38)27-46-24-21-43-17-8-12-33(39)28-47-25-22-44-18-9-13-34(40)29-48-26-23-45-19-10-14-35(41)36(5,37-6)31(3)4/h30-31H,7-29H2,1-5H3. The molecule has 0 rings (SSSR count). The molecular weight excluding hydrogens is 622 g/mol. The number of nitrogens with zero attached hydrogens (tertiary/aromatic N) is 1. The van der Waals surface area contributed by atoms with E-state index in [1.54, 1.807) is 6.92 Å². The monoisotopic (exact) mass is 685 g/mol. The van der Waals surface area contributed by atoms with Gasteiger partial charge in [-0.15, -0.1) is 0 Å². The maximum absolute atomic E-state index is 12.3. The zero-order valence-corrected chi connectivity index (χ0v) is 30.4. The third-order valence-corrected chi connectivity index (χ3v) is 7.59. The van der Waals surface area contributed by atoms with Crippen molar-refractivity contribution in [3.63, 3.8) is 0 Å². The molecule has 12 heteroatoms. The van der Waals surface area contributed by atoms with Crippen LogP contribution in [0.1, 0.15) is 92.4 Å². The summed E-state index contributed by atoms with van der Waals surface area (Å²) in [6.07, 6.45) is 4.90. The van der Waals surface area contributed by atoms with Gasteiger partial charge in [0, 0.05) is 71.6 Å². The number of hydrogen-bond donors (Lipinski definition) is 0. The quantitative estimate of drug-likeness (QED) is 0.0659. The normalized spacial score (nSPS) is 12.7. The molecule has 0 spiro atoms. The highest BCUT2D eigenvalue weighted by atomic mass is 16.5. The fraction of sp³-hybridized carbons (Fsp3) is 0.861. The van der Waals surface area contributed by atoms with Gasteiger partial charge >= 0.3 is 0 Å². The van der Waals surface area contributed by atoms with Crippen molar-refractivity contribution in [3.8, 4) is 0 Å². The van der Waals surface area contributed by atoms with E-state index in [1.165, 1.54) is 0 Å². The maximum Gasteiger partial charge on any atom is 0.289 e. The highest BCUT2D eigenvalue weighted by Crippen LogP contribution is 2.24. The Morgan fingerprint density at radius 1 is 0.521 bits per heavy atom. The Hall–Kier alpha value is -2.11. The molecule has 0 aliphatic carbocycles. The van der Waals surface area contributed by atoms with Crippen LogP contribution in [0.3, 0.4) is 0 Å². The Bertz CT molecular complexity index is 903. The second-order valence-corrected chi connectivity index (χ2v) is 12.7. The van der Waals surface area contributed by atoms with E-state index in [-0.39, 0.29) is 48.9 Å². The molecule has 0 heterocycles. The highest BCUT2D eigenvalue weighted by Gasteiger charge is 2.42. The first-order chi connectivity index (χ1) is 23.0. The summed E-state index contributed by atoms with van der Waals surface area (Å²) in [5.74, 6) is 0.549. The molecule has 0 aliphatic heterocycles. The van der Waals surface area contributed by atoms with Crippen LogP contribution in [0.4, 0.5) is 0 Å². The minimum absolute atomic E-state index is 0.00877. The van der Waals surface area contributed by atoms with E-state index >= 15 is 0 Å². The van der Waals surface area contributed by atoms with Crippen molar-refractivity contribution in [1.82, 2.24) is 0 Å². The van der Waals surface area contributed by atoms with Gasteiger partial charge in [-0.3, -0.25) is 19.2 Å². The van der Waals surface area contributed by atoms with Crippen LogP contribution in [0.25, 0.3) is 4.85 Å². The van der Waals surface area contributed by atoms with Gasteiger partial charge in [0.1, 0.15) is 19.8 Å². The largest absolute Gasteiger partial charge is 0.381 e. The van der Waals surface area contributed by atoms with Gasteiger partial charge in [0.2, 0.25) is 5.78 Å². The molecule has 0 fully saturated rings. The predicted octanol–water partition coefficient (Wildman–Crippen LogP) is 4.88. The SMILES string of the molecule is [C-]#[N+]C(C)(C(=O)CCCOCCOCC(=O)CCCOCCOCC(=O)CCCOCCOCC(=O)CCCOCCC(C)C)C(C)C. The molecule has 0 aromatic carbocycles. The van der Waals surface area contributed by atoms with E-state index in [0.717, 1.165) is 13.0 Å². The van der Waals surface area contributed by atoms with Crippen molar-refractivity contribution < 1.29 is 52.3 Å². The van der Waals surface area contributed by atoms with Crippen LogP contribution < -0.4 is 0 Å². The number of rotatable bonds is 36. The van der Waals surface area contributed by atoms with Crippen LogP contribution in [0.15, 0.2) is 0 Å². The lowest BCUT2D eigenvalue weighted by Gasteiger charge is -2.19. The van der Waals surface area contributed by atoms with E-state index in [9.17, 15) is 19.2 Å². The van der Waals surface area contributed by atoms with Crippen LogP contribution in [-0.2, 0) is 52.3 Å². The fourth-order valence-electron chi connectivity index (χ4n) is 4.07. The molecule has 1 unspecified atom stereocenters. The van der Waals surface area contributed by atoms with Crippen molar-refractivity contribution in [1.29, 1.82) is 0 Å². The van der Waals surface area contributed by atoms with Gasteiger partial charge in [-0.1, -0.05) is 27.7 Å². The first-order valence-electron chi connectivity index (χ1n) is 17.5. The lowest BCUT2D eigenvalue weighted by atomic mass is 9.83. The molecule has 0 saturated carbocycles. The van der Waals surface area contributed by atoms with Gasteiger partial charge in [0.25, 0.3) is 5.54 Å². The summed E-state index contributed by atoms with van der Waals surface area (Å²) >= 11 is 0. The van der Waals surface area contributed by atoms with Crippen LogP contribution in [0.5, 0.6) is 0 Å². The number of ketones is 4. The van der Waals surface area contributed by atoms with Crippen LogP contribution in [0, 0.1) is 18.4 Å². The van der Waals surface area contributed by atoms with Gasteiger partial charge in [-0.25, -0.2) is 6.57 Å². The second-order valence-electron chi connectivity index (χ2n) is 12.7. The molecule has 1 atom stereocenters. The Balaban J connectivity index is 3.45. The fourth-order valence-corrected chi connectivity index (χ4v) is 4.07. The molecule has 0 aliphatic rings. The Morgan fingerprint density at radius 2 is 0.854 bits per heavy atom. The lowest BCUT2D eigenvalue weighted by molar-refractivity contribution is -0.126. The Labute approximate surface area is 289 Å². The van der Waals surface area contributed by atoms with E-state index < -0.39 is 5.54 Å². The zero-order chi connectivity index (χ0) is 35.9. The van der Waals surface area contributed by atoms with Gasteiger partial charge in [-0.2, -0.15) is 0 Å². The molecule has 0 bridgehead atoms. The number of hydrogen-bond acceptors (Lipinski definition) is 11. The van der Waals surface area contributed by atoms with Crippen molar-refractivity contribution in [2.75, 3.05) is 92.5 Å². The van der Waals surface area contributed by atoms with Crippen molar-refractivity contribution in [2.24, 2.45) is 11.8 Å². The molecule has 0 amide bonds. The van der Waals surface area contributed by atoms with Crippen LogP contribution >= 0.6 is 0 Å². The zero-order valence-electron chi connectivity index (χ0n) is 30.4. The topological polar surface area (TPSA) is 137 Å². The molecule has 0 saturated heterocycles. The smallest absolute Gasteiger partial charge is 0.289 e. The van der Waals surface area contributed by atoms with Crippen molar-refractivity contribution in [3.05, 3.63) is 11.4 Å². The predicted molar refractivity (Wildman–Crippen MR) is 182 cm³/mol. The molecule has 0 N–H and O–H groups in total. The minimum atomic E-state index is -0.980. The number of carbonyl (C=O) groups is 4. The first-order valence-corrected chi connectivity index (χ1v) is 17.5. The van der Waals surface area contributed by atoms with E-state index in [4.69, 9.17) is 39.7 Å². The number of carbonyl (C=O) groups excluding carboxylic acids is 4. The molecule has 278 valence electrons. The Morgan fingerprint density at radius 3 is 1.19 bits per heavy atom. The molecular formula is C36H63NO11. The van der Waals surface area contributed by atoms with Crippen molar-refractivity contribution >= 4 is 23.1 Å². The molecule has 12 nitrogen and oxygen atoms in total. The van der Waals surface area contributed by atoms with Crippen LogP contribution in [-0.4, -0.2) is 121 Å². The summed E-state index contributed by atoms with van der Waals surface area (Å²) in [6.45, 7) is 21.7. The van der Waals surface area contributed by atoms with Gasteiger partial charge in [0.15, 0.2) is 17.3 Å². The Kier molecular flexibility index (Phi) is 29.6. The van der Waals surface area contributed by atoms with E-state index in [1.807, 2.05) is 13.8 Å². The first kappa shape index (κ1) is 45.9. The third kappa shape index (κ3) is 26.8. The second kappa shape index (κ2) is 30.9.